The van der Waals surface area contributed by atoms with Crippen LogP contribution in [0.15, 0.2) is 34.8 Å². The lowest BCUT2D eigenvalue weighted by molar-refractivity contribution is 0.400. The number of hydrogen-bond acceptors (Lipinski definition) is 3. The third-order valence-corrected chi connectivity index (χ3v) is 3.61. The van der Waals surface area contributed by atoms with Gasteiger partial charge in [-0.1, -0.05) is 51.3 Å². The molecule has 3 nitrogen and oxygen atoms in total. The summed E-state index contributed by atoms with van der Waals surface area (Å²) in [6.07, 6.45) is 0. The highest BCUT2D eigenvalue weighted by atomic mass is 79.9. The first kappa shape index (κ1) is 14.3. The Morgan fingerprint density at radius 2 is 1.74 bits per heavy atom. The number of rotatable bonds is 3. The number of para-hydroxylation sites is 1. The fourth-order valence-corrected chi connectivity index (χ4v) is 2.96. The zero-order valence-corrected chi connectivity index (χ0v) is 12.7. The monoisotopic (exact) mass is 361 g/mol. The molecular formula is C13H10BrCl2NO2. The van der Waals surface area contributed by atoms with Crippen LogP contribution >= 0.6 is 39.1 Å². The number of anilines is 1. The van der Waals surface area contributed by atoms with Crippen molar-refractivity contribution in [2.75, 3.05) is 5.32 Å². The molecule has 3 N–H and O–H groups in total. The summed E-state index contributed by atoms with van der Waals surface area (Å²) in [5.41, 5.74) is 1.13. The lowest BCUT2D eigenvalue weighted by Gasteiger charge is -2.12. The maximum Gasteiger partial charge on any atom is 0.162 e. The van der Waals surface area contributed by atoms with Crippen LogP contribution in [0.1, 0.15) is 5.56 Å². The third-order valence-electron chi connectivity index (χ3n) is 2.56. The molecule has 0 spiro atoms. The molecule has 0 aliphatic heterocycles. The van der Waals surface area contributed by atoms with Crippen molar-refractivity contribution in [3.05, 3.63) is 50.4 Å². The van der Waals surface area contributed by atoms with Crippen molar-refractivity contribution in [1.82, 2.24) is 0 Å². The van der Waals surface area contributed by atoms with Crippen molar-refractivity contribution in [1.29, 1.82) is 0 Å². The van der Waals surface area contributed by atoms with Gasteiger partial charge in [0.1, 0.15) is 0 Å². The SMILES string of the molecule is Oc1cccc(CNc2c(Cl)cc(Br)cc2Cl)c1O. The molecule has 2 rings (SSSR count). The number of benzene rings is 2. The highest BCUT2D eigenvalue weighted by Crippen LogP contribution is 2.35. The van der Waals surface area contributed by atoms with Gasteiger partial charge in [-0.25, -0.2) is 0 Å². The largest absolute Gasteiger partial charge is 0.504 e. The van der Waals surface area contributed by atoms with E-state index in [4.69, 9.17) is 23.2 Å². The minimum atomic E-state index is -0.160. The summed E-state index contributed by atoms with van der Waals surface area (Å²) >= 11 is 15.5. The highest BCUT2D eigenvalue weighted by molar-refractivity contribution is 9.10. The molecule has 0 saturated carbocycles. The van der Waals surface area contributed by atoms with Gasteiger partial charge in [0, 0.05) is 16.6 Å². The second-order valence-corrected chi connectivity index (χ2v) is 5.61. The van der Waals surface area contributed by atoms with Gasteiger partial charge in [0.05, 0.1) is 15.7 Å². The predicted octanol–water partition coefficient (Wildman–Crippen LogP) is 4.78. The van der Waals surface area contributed by atoms with Gasteiger partial charge in [0.25, 0.3) is 0 Å². The van der Waals surface area contributed by atoms with E-state index in [9.17, 15) is 10.2 Å². The molecule has 0 aliphatic rings. The molecule has 0 bridgehead atoms. The summed E-state index contributed by atoms with van der Waals surface area (Å²) in [5.74, 6) is -0.313. The molecule has 0 aromatic heterocycles. The molecule has 2 aromatic rings. The molecule has 0 unspecified atom stereocenters. The van der Waals surface area contributed by atoms with Crippen molar-refractivity contribution in [2.24, 2.45) is 0 Å². The normalized spacial score (nSPS) is 10.5. The second-order valence-electron chi connectivity index (χ2n) is 3.88. The zero-order valence-electron chi connectivity index (χ0n) is 9.62. The summed E-state index contributed by atoms with van der Waals surface area (Å²) in [6, 6.07) is 8.20. The second kappa shape index (κ2) is 5.90. The smallest absolute Gasteiger partial charge is 0.162 e. The molecule has 0 aliphatic carbocycles. The van der Waals surface area contributed by atoms with E-state index in [-0.39, 0.29) is 11.5 Å². The molecular weight excluding hydrogens is 353 g/mol. The molecule has 0 fully saturated rings. The molecule has 0 saturated heterocycles. The van der Waals surface area contributed by atoms with E-state index in [1.54, 1.807) is 24.3 Å². The van der Waals surface area contributed by atoms with Gasteiger partial charge < -0.3 is 15.5 Å². The van der Waals surface area contributed by atoms with E-state index in [1.807, 2.05) is 0 Å². The fraction of sp³-hybridized carbons (Fsp3) is 0.0769. The van der Waals surface area contributed by atoms with Crippen LogP contribution in [0.3, 0.4) is 0 Å². The highest BCUT2D eigenvalue weighted by Gasteiger charge is 2.10. The van der Waals surface area contributed by atoms with E-state index >= 15 is 0 Å². The Labute approximate surface area is 128 Å². The van der Waals surface area contributed by atoms with Crippen LogP contribution in [0.25, 0.3) is 0 Å². The maximum absolute atomic E-state index is 9.69. The number of phenols is 2. The van der Waals surface area contributed by atoms with E-state index in [1.165, 1.54) is 6.07 Å². The summed E-state index contributed by atoms with van der Waals surface area (Å²) in [4.78, 5) is 0. The molecule has 0 atom stereocenters. The maximum atomic E-state index is 9.69. The van der Waals surface area contributed by atoms with Crippen molar-refractivity contribution in [2.45, 2.75) is 6.54 Å². The van der Waals surface area contributed by atoms with Crippen LogP contribution in [0.4, 0.5) is 5.69 Å². The van der Waals surface area contributed by atoms with Crippen molar-refractivity contribution < 1.29 is 10.2 Å². The van der Waals surface area contributed by atoms with Gasteiger partial charge in [-0.3, -0.25) is 0 Å². The molecule has 0 amide bonds. The van der Waals surface area contributed by atoms with Crippen molar-refractivity contribution >= 4 is 44.8 Å². The minimum Gasteiger partial charge on any atom is -0.504 e. The standard InChI is InChI=1S/C13H10BrCl2NO2/c14-8-4-9(15)12(10(16)5-8)17-6-7-2-1-3-11(18)13(7)19/h1-5,17-19H,6H2. The van der Waals surface area contributed by atoms with Crippen molar-refractivity contribution in [3.8, 4) is 11.5 Å². The number of halogens is 3. The number of aromatic hydroxyl groups is 2. The Morgan fingerprint density at radius 1 is 1.11 bits per heavy atom. The average Bonchev–Trinajstić information content (AvgIpc) is 2.33. The molecule has 100 valence electrons. The van der Waals surface area contributed by atoms with Crippen LogP contribution in [0.5, 0.6) is 11.5 Å². The molecule has 6 heteroatoms. The van der Waals surface area contributed by atoms with E-state index in [2.05, 4.69) is 21.2 Å². The van der Waals surface area contributed by atoms with Crippen LogP contribution in [0.2, 0.25) is 10.0 Å². The zero-order chi connectivity index (χ0) is 14.0. The van der Waals surface area contributed by atoms with Gasteiger partial charge in [-0.2, -0.15) is 0 Å². The Morgan fingerprint density at radius 3 is 2.37 bits per heavy atom. The Kier molecular flexibility index (Phi) is 4.45. The number of hydrogen-bond donors (Lipinski definition) is 3. The first-order valence-corrected chi connectivity index (χ1v) is 6.92. The van der Waals surface area contributed by atoms with Crippen LogP contribution in [-0.4, -0.2) is 10.2 Å². The first-order chi connectivity index (χ1) is 8.99. The predicted molar refractivity (Wildman–Crippen MR) is 81.3 cm³/mol. The van der Waals surface area contributed by atoms with Crippen LogP contribution in [0, 0.1) is 0 Å². The van der Waals surface area contributed by atoms with E-state index < -0.39 is 0 Å². The number of phenolic OH excluding ortho intramolecular Hbond substituents is 2. The average molecular weight is 363 g/mol. The van der Waals surface area contributed by atoms with Crippen molar-refractivity contribution in [3.63, 3.8) is 0 Å². The van der Waals surface area contributed by atoms with Gasteiger partial charge >= 0.3 is 0 Å². The van der Waals surface area contributed by atoms with Gasteiger partial charge in [0.2, 0.25) is 0 Å². The Balaban J connectivity index is 2.22. The lowest BCUT2D eigenvalue weighted by Crippen LogP contribution is -2.01. The van der Waals surface area contributed by atoms with E-state index in [0.29, 0.717) is 27.8 Å². The topological polar surface area (TPSA) is 52.5 Å². The molecule has 0 radical (unpaired) electrons. The fourth-order valence-electron chi connectivity index (χ4n) is 1.62. The quantitative estimate of drug-likeness (QED) is 0.688. The van der Waals surface area contributed by atoms with Crippen LogP contribution in [-0.2, 0) is 6.54 Å². The number of nitrogens with one attached hydrogen (secondary N) is 1. The van der Waals surface area contributed by atoms with Gasteiger partial charge in [-0.05, 0) is 18.2 Å². The van der Waals surface area contributed by atoms with Gasteiger partial charge in [0.15, 0.2) is 11.5 Å². The lowest BCUT2D eigenvalue weighted by atomic mass is 10.2. The summed E-state index contributed by atoms with van der Waals surface area (Å²) in [7, 11) is 0. The summed E-state index contributed by atoms with van der Waals surface area (Å²) in [5, 5.41) is 23.1. The van der Waals surface area contributed by atoms with Gasteiger partial charge in [-0.15, -0.1) is 0 Å². The third kappa shape index (κ3) is 3.26. The molecule has 2 aromatic carbocycles. The van der Waals surface area contributed by atoms with Crippen LogP contribution < -0.4 is 5.32 Å². The Bertz CT molecular complexity index is 597. The first-order valence-electron chi connectivity index (χ1n) is 5.37. The minimum absolute atomic E-state index is 0.153. The summed E-state index contributed by atoms with van der Waals surface area (Å²) < 4.78 is 0.785. The summed E-state index contributed by atoms with van der Waals surface area (Å²) in [6.45, 7) is 0.293. The van der Waals surface area contributed by atoms with E-state index in [0.717, 1.165) is 4.47 Å². The molecule has 0 heterocycles. The molecule has 19 heavy (non-hydrogen) atoms. The Hall–Kier alpha value is -1.10.